The summed E-state index contributed by atoms with van der Waals surface area (Å²) in [7, 11) is -0.996. The maximum absolute atomic E-state index is 12.4. The van der Waals surface area contributed by atoms with Gasteiger partial charge >= 0.3 is 0 Å². The van der Waals surface area contributed by atoms with Crippen molar-refractivity contribution in [3.8, 4) is 0 Å². The van der Waals surface area contributed by atoms with Gasteiger partial charge in [0.25, 0.3) is 10.1 Å². The zero-order chi connectivity index (χ0) is 16.2. The van der Waals surface area contributed by atoms with E-state index in [-0.39, 0.29) is 4.90 Å². The van der Waals surface area contributed by atoms with E-state index in [0.717, 1.165) is 4.88 Å². The van der Waals surface area contributed by atoms with Crippen LogP contribution in [0.25, 0.3) is 0 Å². The van der Waals surface area contributed by atoms with Gasteiger partial charge in [-0.05, 0) is 30.5 Å². The van der Waals surface area contributed by atoms with Gasteiger partial charge < -0.3 is 9.47 Å². The molecular weight excluding hydrogens is 324 g/mol. The number of hydrogen-bond donors (Lipinski definition) is 0. The van der Waals surface area contributed by atoms with Gasteiger partial charge in [0.15, 0.2) is 0 Å². The van der Waals surface area contributed by atoms with Gasteiger partial charge in [-0.2, -0.15) is 8.42 Å². The fourth-order valence-electron chi connectivity index (χ4n) is 2.19. The van der Waals surface area contributed by atoms with E-state index in [2.05, 4.69) is 0 Å². The molecule has 0 saturated heterocycles. The molecule has 0 aliphatic carbocycles. The summed E-state index contributed by atoms with van der Waals surface area (Å²) < 4.78 is 41.0. The molecule has 0 aliphatic heterocycles. The standard InChI is InChI=1S/C15H18O5S2/c1-12(15(18-2,19-3)14-10-7-11-21-14)20-22(16,17)13-8-5-4-6-9-13/h4-12H,1-3H3. The van der Waals surface area contributed by atoms with Crippen molar-refractivity contribution >= 4 is 21.5 Å². The molecule has 1 unspecified atom stereocenters. The predicted molar refractivity (Wildman–Crippen MR) is 84.2 cm³/mol. The first-order chi connectivity index (χ1) is 10.5. The van der Waals surface area contributed by atoms with Crippen LogP contribution >= 0.6 is 11.3 Å². The third-order valence-electron chi connectivity index (χ3n) is 3.31. The van der Waals surface area contributed by atoms with Crippen LogP contribution in [-0.4, -0.2) is 28.7 Å². The molecule has 1 aromatic heterocycles. The molecule has 2 rings (SSSR count). The largest absolute Gasteiger partial charge is 0.347 e. The lowest BCUT2D eigenvalue weighted by atomic mass is 10.1. The van der Waals surface area contributed by atoms with Crippen LogP contribution in [0, 0.1) is 0 Å². The molecule has 0 N–H and O–H groups in total. The number of methoxy groups -OCH3 is 2. The Balaban J connectivity index is 2.32. The highest BCUT2D eigenvalue weighted by Gasteiger charge is 2.43. The second kappa shape index (κ2) is 6.89. The summed E-state index contributed by atoms with van der Waals surface area (Å²) in [6.07, 6.45) is -0.869. The lowest BCUT2D eigenvalue weighted by molar-refractivity contribution is -0.255. The van der Waals surface area contributed by atoms with Crippen molar-refractivity contribution in [3.05, 3.63) is 52.7 Å². The molecule has 0 spiro atoms. The second-order valence-corrected chi connectivity index (χ2v) is 7.08. The average Bonchev–Trinajstić information content (AvgIpc) is 3.04. The number of ether oxygens (including phenoxy) is 2. The summed E-state index contributed by atoms with van der Waals surface area (Å²) in [5, 5.41) is 1.86. The predicted octanol–water partition coefficient (Wildman–Crippen LogP) is 2.99. The fraction of sp³-hybridized carbons (Fsp3) is 0.333. The minimum absolute atomic E-state index is 0.0918. The van der Waals surface area contributed by atoms with Crippen LogP contribution in [0.4, 0.5) is 0 Å². The molecular formula is C15H18O5S2. The van der Waals surface area contributed by atoms with E-state index in [1.807, 2.05) is 17.5 Å². The summed E-state index contributed by atoms with van der Waals surface area (Å²) in [5.74, 6) is -1.28. The van der Waals surface area contributed by atoms with Crippen LogP contribution in [0.1, 0.15) is 11.8 Å². The molecule has 1 heterocycles. The van der Waals surface area contributed by atoms with Crippen molar-refractivity contribution in [3.63, 3.8) is 0 Å². The summed E-state index contributed by atoms with van der Waals surface area (Å²) in [6, 6.07) is 11.6. The smallest absolute Gasteiger partial charge is 0.297 e. The van der Waals surface area contributed by atoms with Gasteiger partial charge in [0.05, 0.1) is 9.77 Å². The van der Waals surface area contributed by atoms with Gasteiger partial charge in [-0.25, -0.2) is 0 Å². The summed E-state index contributed by atoms with van der Waals surface area (Å²) >= 11 is 1.40. The quantitative estimate of drug-likeness (QED) is 0.572. The van der Waals surface area contributed by atoms with Crippen LogP contribution in [0.3, 0.4) is 0 Å². The second-order valence-electron chi connectivity index (χ2n) is 4.56. The Morgan fingerprint density at radius 1 is 1.05 bits per heavy atom. The molecule has 22 heavy (non-hydrogen) atoms. The first-order valence-corrected chi connectivity index (χ1v) is 8.87. The maximum atomic E-state index is 12.4. The van der Waals surface area contributed by atoms with E-state index in [0.29, 0.717) is 0 Å². The molecule has 120 valence electrons. The molecule has 0 fully saturated rings. The van der Waals surface area contributed by atoms with E-state index in [1.54, 1.807) is 25.1 Å². The van der Waals surface area contributed by atoms with E-state index < -0.39 is 22.0 Å². The van der Waals surface area contributed by atoms with Gasteiger partial charge in [0, 0.05) is 14.2 Å². The zero-order valence-electron chi connectivity index (χ0n) is 12.6. The Hall–Kier alpha value is -1.25. The van der Waals surface area contributed by atoms with Crippen molar-refractivity contribution in [1.82, 2.24) is 0 Å². The SMILES string of the molecule is COC(OC)(c1cccs1)C(C)OS(=O)(=O)c1ccccc1. The molecule has 0 radical (unpaired) electrons. The van der Waals surface area contributed by atoms with E-state index in [4.69, 9.17) is 13.7 Å². The molecule has 1 atom stereocenters. The summed E-state index contributed by atoms with van der Waals surface area (Å²) in [4.78, 5) is 0.822. The van der Waals surface area contributed by atoms with Crippen molar-refractivity contribution in [2.45, 2.75) is 23.7 Å². The van der Waals surface area contributed by atoms with Crippen LogP contribution in [-0.2, 0) is 29.6 Å². The minimum Gasteiger partial charge on any atom is -0.347 e. The Morgan fingerprint density at radius 2 is 1.68 bits per heavy atom. The average molecular weight is 342 g/mol. The fourth-order valence-corrected chi connectivity index (χ4v) is 4.26. The number of hydrogen-bond acceptors (Lipinski definition) is 6. The number of rotatable bonds is 7. The normalized spacial score (nSPS) is 14.0. The molecule has 0 bridgehead atoms. The molecule has 0 saturated carbocycles. The summed E-state index contributed by atoms with van der Waals surface area (Å²) in [5.41, 5.74) is 0. The number of benzene rings is 1. The van der Waals surface area contributed by atoms with Gasteiger partial charge in [-0.1, -0.05) is 24.3 Å². The highest BCUT2D eigenvalue weighted by atomic mass is 32.2. The molecule has 0 aliphatic rings. The Bertz CT molecular complexity index is 676. The lowest BCUT2D eigenvalue weighted by Gasteiger charge is -2.34. The molecule has 0 amide bonds. The van der Waals surface area contributed by atoms with Crippen LogP contribution in [0.5, 0.6) is 0 Å². The third kappa shape index (κ3) is 3.23. The van der Waals surface area contributed by atoms with E-state index in [1.165, 1.54) is 37.7 Å². The van der Waals surface area contributed by atoms with Crippen molar-refractivity contribution in [1.29, 1.82) is 0 Å². The van der Waals surface area contributed by atoms with Gasteiger partial charge in [0.1, 0.15) is 6.10 Å². The molecule has 5 nitrogen and oxygen atoms in total. The molecule has 2 aromatic rings. The maximum Gasteiger partial charge on any atom is 0.297 e. The topological polar surface area (TPSA) is 61.8 Å². The first kappa shape index (κ1) is 17.1. The van der Waals surface area contributed by atoms with Crippen molar-refractivity contribution in [2.24, 2.45) is 0 Å². The zero-order valence-corrected chi connectivity index (χ0v) is 14.2. The molecule has 7 heteroatoms. The highest BCUT2D eigenvalue weighted by Crippen LogP contribution is 2.36. The summed E-state index contributed by atoms with van der Waals surface area (Å²) in [6.45, 7) is 1.60. The van der Waals surface area contributed by atoms with Crippen molar-refractivity contribution in [2.75, 3.05) is 14.2 Å². The first-order valence-electron chi connectivity index (χ1n) is 6.59. The van der Waals surface area contributed by atoms with Gasteiger partial charge in [0.2, 0.25) is 5.79 Å². The Labute approximate surface area is 134 Å². The van der Waals surface area contributed by atoms with E-state index in [9.17, 15) is 8.42 Å². The van der Waals surface area contributed by atoms with Crippen LogP contribution in [0.15, 0.2) is 52.7 Å². The molecule has 1 aromatic carbocycles. The van der Waals surface area contributed by atoms with Crippen LogP contribution < -0.4 is 0 Å². The lowest BCUT2D eigenvalue weighted by Crippen LogP contribution is -2.43. The monoisotopic (exact) mass is 342 g/mol. The van der Waals surface area contributed by atoms with Gasteiger partial charge in [-0.3, -0.25) is 4.18 Å². The Morgan fingerprint density at radius 3 is 2.18 bits per heavy atom. The van der Waals surface area contributed by atoms with E-state index >= 15 is 0 Å². The third-order valence-corrected chi connectivity index (χ3v) is 5.67. The Kier molecular flexibility index (Phi) is 5.36. The van der Waals surface area contributed by atoms with Gasteiger partial charge in [-0.15, -0.1) is 11.3 Å². The number of thiophene rings is 1. The van der Waals surface area contributed by atoms with Crippen molar-refractivity contribution < 1.29 is 22.1 Å². The van der Waals surface area contributed by atoms with Crippen LogP contribution in [0.2, 0.25) is 0 Å². The minimum atomic E-state index is -3.91. The highest BCUT2D eigenvalue weighted by molar-refractivity contribution is 7.86.